The molecule has 6 heteroatoms. The van der Waals surface area contributed by atoms with Crippen molar-refractivity contribution in [3.05, 3.63) is 35.6 Å². The Labute approximate surface area is 166 Å². The Kier molecular flexibility index (Phi) is 5.67. The molecule has 1 aromatic rings. The predicted molar refractivity (Wildman–Crippen MR) is 105 cm³/mol. The first kappa shape index (κ1) is 19.4. The molecule has 4 rings (SSSR count). The Morgan fingerprint density at radius 3 is 2.61 bits per heavy atom. The number of hydrogen-bond donors (Lipinski definition) is 0. The molecule has 152 valence electrons. The number of likely N-dealkylation sites (tertiary alicyclic amines) is 3. The summed E-state index contributed by atoms with van der Waals surface area (Å²) in [6.45, 7) is 5.93. The summed E-state index contributed by atoms with van der Waals surface area (Å²) in [6, 6.07) is 6.77. The molecule has 3 aliphatic heterocycles. The van der Waals surface area contributed by atoms with Gasteiger partial charge in [-0.1, -0.05) is 12.1 Å². The third kappa shape index (κ3) is 4.37. The van der Waals surface area contributed by atoms with Gasteiger partial charge in [0, 0.05) is 57.5 Å². The highest BCUT2D eigenvalue weighted by Crippen LogP contribution is 2.39. The molecule has 1 spiro atoms. The van der Waals surface area contributed by atoms with Crippen molar-refractivity contribution in [2.45, 2.75) is 45.1 Å². The van der Waals surface area contributed by atoms with E-state index in [-0.39, 0.29) is 23.0 Å². The third-order valence-electron chi connectivity index (χ3n) is 6.62. The third-order valence-corrected chi connectivity index (χ3v) is 6.62. The number of carbonyl (C=O) groups excluding carboxylic acids is 2. The van der Waals surface area contributed by atoms with Crippen LogP contribution in [-0.2, 0) is 16.1 Å². The number of hydrogen-bond acceptors (Lipinski definition) is 3. The van der Waals surface area contributed by atoms with Crippen molar-refractivity contribution in [2.24, 2.45) is 5.41 Å². The largest absolute Gasteiger partial charge is 0.342 e. The molecule has 0 unspecified atom stereocenters. The molecule has 1 atom stereocenters. The van der Waals surface area contributed by atoms with Crippen molar-refractivity contribution in [1.82, 2.24) is 14.7 Å². The molecule has 5 nitrogen and oxygen atoms in total. The zero-order valence-electron chi connectivity index (χ0n) is 16.5. The molecular formula is C22H30FN3O2. The first-order valence-electron chi connectivity index (χ1n) is 10.6. The van der Waals surface area contributed by atoms with Gasteiger partial charge < -0.3 is 9.80 Å². The van der Waals surface area contributed by atoms with Crippen molar-refractivity contribution in [2.75, 3.05) is 39.3 Å². The van der Waals surface area contributed by atoms with Gasteiger partial charge in [-0.25, -0.2) is 4.39 Å². The Hall–Kier alpha value is -1.95. The SMILES string of the molecule is O=C1CCCN1CCC(=O)N1CC[C@@]2(CCCN(Cc3ccc(F)cc3)C2)C1. The molecule has 0 radical (unpaired) electrons. The van der Waals surface area contributed by atoms with Crippen LogP contribution >= 0.6 is 0 Å². The molecule has 0 aromatic heterocycles. The summed E-state index contributed by atoms with van der Waals surface area (Å²) in [5, 5.41) is 0. The number of benzene rings is 1. The number of amides is 2. The smallest absolute Gasteiger partial charge is 0.224 e. The lowest BCUT2D eigenvalue weighted by Gasteiger charge is -2.40. The molecule has 0 bridgehead atoms. The molecule has 3 aliphatic rings. The van der Waals surface area contributed by atoms with Crippen LogP contribution in [0, 0.1) is 11.2 Å². The minimum absolute atomic E-state index is 0.187. The normalized spacial score (nSPS) is 25.8. The van der Waals surface area contributed by atoms with Gasteiger partial charge in [0.05, 0.1) is 0 Å². The van der Waals surface area contributed by atoms with E-state index in [0.717, 1.165) is 64.1 Å². The molecule has 0 saturated carbocycles. The average molecular weight is 387 g/mol. The van der Waals surface area contributed by atoms with Gasteiger partial charge in [-0.3, -0.25) is 14.5 Å². The van der Waals surface area contributed by atoms with Gasteiger partial charge in [-0.15, -0.1) is 0 Å². The summed E-state index contributed by atoms with van der Waals surface area (Å²) in [4.78, 5) is 30.7. The molecule has 2 amide bonds. The summed E-state index contributed by atoms with van der Waals surface area (Å²) < 4.78 is 13.1. The van der Waals surface area contributed by atoms with Crippen LogP contribution in [0.3, 0.4) is 0 Å². The van der Waals surface area contributed by atoms with Crippen LogP contribution in [0.4, 0.5) is 4.39 Å². The van der Waals surface area contributed by atoms with E-state index in [2.05, 4.69) is 4.90 Å². The molecule has 0 N–H and O–H groups in total. The van der Waals surface area contributed by atoms with Gasteiger partial charge in [0.25, 0.3) is 0 Å². The topological polar surface area (TPSA) is 43.9 Å². The van der Waals surface area contributed by atoms with Crippen LogP contribution in [-0.4, -0.2) is 65.8 Å². The molecule has 3 fully saturated rings. The van der Waals surface area contributed by atoms with Gasteiger partial charge >= 0.3 is 0 Å². The van der Waals surface area contributed by atoms with E-state index in [4.69, 9.17) is 0 Å². The molecule has 1 aromatic carbocycles. The second-order valence-corrected chi connectivity index (χ2v) is 8.74. The van der Waals surface area contributed by atoms with Crippen LogP contribution in [0.5, 0.6) is 0 Å². The van der Waals surface area contributed by atoms with Crippen LogP contribution in [0.15, 0.2) is 24.3 Å². The van der Waals surface area contributed by atoms with Crippen LogP contribution in [0.25, 0.3) is 0 Å². The Morgan fingerprint density at radius 1 is 1.04 bits per heavy atom. The fraction of sp³-hybridized carbons (Fsp3) is 0.636. The van der Waals surface area contributed by atoms with Crippen molar-refractivity contribution >= 4 is 11.8 Å². The van der Waals surface area contributed by atoms with E-state index >= 15 is 0 Å². The Morgan fingerprint density at radius 2 is 1.86 bits per heavy atom. The maximum Gasteiger partial charge on any atom is 0.224 e. The van der Waals surface area contributed by atoms with Gasteiger partial charge in [-0.05, 0) is 49.9 Å². The lowest BCUT2D eigenvalue weighted by atomic mass is 9.79. The van der Waals surface area contributed by atoms with Crippen molar-refractivity contribution in [3.8, 4) is 0 Å². The van der Waals surface area contributed by atoms with Gasteiger partial charge in [0.1, 0.15) is 5.82 Å². The number of rotatable bonds is 5. The van der Waals surface area contributed by atoms with Crippen LogP contribution < -0.4 is 0 Å². The van der Waals surface area contributed by atoms with E-state index in [1.54, 1.807) is 0 Å². The highest BCUT2D eigenvalue weighted by atomic mass is 19.1. The summed E-state index contributed by atoms with van der Waals surface area (Å²) in [5.41, 5.74) is 1.33. The van der Waals surface area contributed by atoms with Crippen molar-refractivity contribution in [1.29, 1.82) is 0 Å². The summed E-state index contributed by atoms with van der Waals surface area (Å²) >= 11 is 0. The zero-order chi connectivity index (χ0) is 19.6. The quantitative estimate of drug-likeness (QED) is 0.780. The van der Waals surface area contributed by atoms with E-state index in [1.807, 2.05) is 21.9 Å². The maximum atomic E-state index is 13.1. The number of piperidine rings is 1. The minimum atomic E-state index is -0.195. The van der Waals surface area contributed by atoms with Crippen LogP contribution in [0.1, 0.15) is 44.1 Å². The van der Waals surface area contributed by atoms with Crippen LogP contribution in [0.2, 0.25) is 0 Å². The maximum absolute atomic E-state index is 13.1. The number of nitrogens with zero attached hydrogens (tertiary/aromatic N) is 3. The Bertz CT molecular complexity index is 723. The number of carbonyl (C=O) groups is 2. The van der Waals surface area contributed by atoms with Gasteiger partial charge in [-0.2, -0.15) is 0 Å². The van der Waals surface area contributed by atoms with Gasteiger partial charge in [0.2, 0.25) is 11.8 Å². The summed E-state index contributed by atoms with van der Waals surface area (Å²) in [7, 11) is 0. The molecular weight excluding hydrogens is 357 g/mol. The van der Waals surface area contributed by atoms with E-state index in [9.17, 15) is 14.0 Å². The lowest BCUT2D eigenvalue weighted by Crippen LogP contribution is -2.45. The molecule has 28 heavy (non-hydrogen) atoms. The lowest BCUT2D eigenvalue weighted by molar-refractivity contribution is -0.132. The van der Waals surface area contributed by atoms with E-state index in [1.165, 1.54) is 18.6 Å². The average Bonchev–Trinajstić information content (AvgIpc) is 3.28. The minimum Gasteiger partial charge on any atom is -0.342 e. The monoisotopic (exact) mass is 387 g/mol. The molecule has 0 aliphatic carbocycles. The highest BCUT2D eigenvalue weighted by Gasteiger charge is 2.42. The van der Waals surface area contributed by atoms with Crippen molar-refractivity contribution in [3.63, 3.8) is 0 Å². The standard InChI is InChI=1S/C22H30FN3O2/c23-19-6-4-18(5-7-19)15-24-11-2-9-22(16-24)10-14-26(17-22)21(28)8-13-25-12-1-3-20(25)27/h4-7H,1-3,8-17H2/t22-/m1/s1. The molecule has 3 saturated heterocycles. The summed E-state index contributed by atoms with van der Waals surface area (Å²) in [5.74, 6) is 0.182. The van der Waals surface area contributed by atoms with Gasteiger partial charge in [0.15, 0.2) is 0 Å². The van der Waals surface area contributed by atoms with E-state index in [0.29, 0.717) is 19.4 Å². The predicted octanol–water partition coefficient (Wildman–Crippen LogP) is 2.65. The van der Waals surface area contributed by atoms with E-state index < -0.39 is 0 Å². The Balaban J connectivity index is 1.29. The zero-order valence-corrected chi connectivity index (χ0v) is 16.5. The first-order chi connectivity index (χ1) is 13.5. The molecule has 3 heterocycles. The fourth-order valence-electron chi connectivity index (χ4n) is 5.10. The second-order valence-electron chi connectivity index (χ2n) is 8.74. The highest BCUT2D eigenvalue weighted by molar-refractivity contribution is 5.80. The summed E-state index contributed by atoms with van der Waals surface area (Å²) in [6.07, 6.45) is 5.36. The fourth-order valence-corrected chi connectivity index (χ4v) is 5.10. The second kappa shape index (κ2) is 8.19. The van der Waals surface area contributed by atoms with Crippen molar-refractivity contribution < 1.29 is 14.0 Å². The first-order valence-corrected chi connectivity index (χ1v) is 10.6. The number of halogens is 1.